The summed E-state index contributed by atoms with van der Waals surface area (Å²) in [5.41, 5.74) is 4.19. The third-order valence-corrected chi connectivity index (χ3v) is 4.81. The first-order chi connectivity index (χ1) is 12.5. The minimum absolute atomic E-state index is 0.0253. The third-order valence-electron chi connectivity index (χ3n) is 4.81. The highest BCUT2D eigenvalue weighted by molar-refractivity contribution is 6.11. The van der Waals surface area contributed by atoms with E-state index < -0.39 is 4.92 Å². The summed E-state index contributed by atoms with van der Waals surface area (Å²) in [6, 6.07) is 13.8. The highest BCUT2D eigenvalue weighted by Gasteiger charge is 2.22. The van der Waals surface area contributed by atoms with Gasteiger partial charge in [-0.25, -0.2) is 0 Å². The first-order valence-electron chi connectivity index (χ1n) is 8.36. The minimum Gasteiger partial charge on any atom is -0.371 e. The number of carbonyl (C=O) groups excluding carboxylic acids is 1. The van der Waals surface area contributed by atoms with E-state index in [-0.39, 0.29) is 11.5 Å². The molecule has 6 heteroatoms. The van der Waals surface area contributed by atoms with Crippen LogP contribution in [0.3, 0.4) is 0 Å². The third kappa shape index (κ3) is 2.65. The molecular weight excluding hydrogens is 330 g/mol. The van der Waals surface area contributed by atoms with E-state index in [1.165, 1.54) is 35.2 Å². The van der Waals surface area contributed by atoms with Crippen LogP contribution in [0.25, 0.3) is 17.0 Å². The van der Waals surface area contributed by atoms with Crippen molar-refractivity contribution in [3.05, 3.63) is 81.2 Å². The number of ketones is 1. The van der Waals surface area contributed by atoms with E-state index in [9.17, 15) is 14.9 Å². The largest absolute Gasteiger partial charge is 0.371 e. The maximum Gasteiger partial charge on any atom is 0.269 e. The van der Waals surface area contributed by atoms with Gasteiger partial charge >= 0.3 is 0 Å². The van der Waals surface area contributed by atoms with Crippen LogP contribution in [0.5, 0.6) is 0 Å². The number of nitro groups is 1. The fourth-order valence-electron chi connectivity index (χ4n) is 3.38. The molecule has 1 aliphatic rings. The maximum absolute atomic E-state index is 13.0. The predicted molar refractivity (Wildman–Crippen MR) is 100 cm³/mol. The normalized spacial score (nSPS) is 13.9. The van der Waals surface area contributed by atoms with Crippen molar-refractivity contribution < 1.29 is 9.72 Å². The quantitative estimate of drug-likeness (QED) is 0.444. The molecule has 4 rings (SSSR count). The van der Waals surface area contributed by atoms with E-state index in [1.54, 1.807) is 0 Å². The van der Waals surface area contributed by atoms with Gasteiger partial charge in [0.1, 0.15) is 0 Å². The van der Waals surface area contributed by atoms with E-state index in [1.807, 2.05) is 36.2 Å². The number of nitrogens with zero attached hydrogens (tertiary/aromatic N) is 2. The molecule has 130 valence electrons. The Morgan fingerprint density at radius 2 is 1.88 bits per heavy atom. The summed E-state index contributed by atoms with van der Waals surface area (Å²) in [7, 11) is 1.89. The van der Waals surface area contributed by atoms with Crippen LogP contribution in [0.1, 0.15) is 21.6 Å². The number of hydrogen-bond acceptors (Lipinski definition) is 4. The van der Waals surface area contributed by atoms with Crippen molar-refractivity contribution in [2.24, 2.45) is 0 Å². The number of carbonyl (C=O) groups is 1. The number of rotatable bonds is 3. The first-order valence-corrected chi connectivity index (χ1v) is 8.36. The summed E-state index contributed by atoms with van der Waals surface area (Å²) in [5.74, 6) is -0.145. The standard InChI is InChI=1S/C20H17N3O3/c1-22-11-10-16-15-4-2-3-5-17(15)21-18(16)12-19(22)20(24)13-6-8-14(9-7-13)23(25)26/h2-9,12,21H,10-11H2,1H3. The lowest BCUT2D eigenvalue weighted by Gasteiger charge is -2.19. The molecule has 6 nitrogen and oxygen atoms in total. The van der Waals surface area contributed by atoms with Crippen LogP contribution < -0.4 is 0 Å². The molecule has 0 bridgehead atoms. The molecule has 0 fully saturated rings. The smallest absolute Gasteiger partial charge is 0.269 e. The average Bonchev–Trinajstić information content (AvgIpc) is 2.92. The van der Waals surface area contributed by atoms with Gasteiger partial charge in [0.25, 0.3) is 5.69 Å². The molecule has 1 aromatic heterocycles. The summed E-state index contributed by atoms with van der Waals surface area (Å²) in [6.45, 7) is 0.722. The summed E-state index contributed by atoms with van der Waals surface area (Å²) < 4.78 is 0. The summed E-state index contributed by atoms with van der Waals surface area (Å²) in [5, 5.41) is 12.0. The molecule has 0 spiro atoms. The van der Waals surface area contributed by atoms with Crippen LogP contribution >= 0.6 is 0 Å². The number of nitrogens with one attached hydrogen (secondary N) is 1. The average molecular weight is 347 g/mol. The Labute approximate surface area is 149 Å². The van der Waals surface area contributed by atoms with Gasteiger partial charge in [0.2, 0.25) is 5.78 Å². The van der Waals surface area contributed by atoms with E-state index in [0.717, 1.165) is 24.2 Å². The number of aromatic nitrogens is 1. The molecule has 0 unspecified atom stereocenters. The van der Waals surface area contributed by atoms with Gasteiger partial charge < -0.3 is 9.88 Å². The van der Waals surface area contributed by atoms with E-state index in [4.69, 9.17) is 0 Å². The van der Waals surface area contributed by atoms with Gasteiger partial charge in [-0.1, -0.05) is 18.2 Å². The number of H-pyrrole nitrogens is 1. The molecule has 0 radical (unpaired) electrons. The fraction of sp³-hybridized carbons (Fsp3) is 0.150. The fourth-order valence-corrected chi connectivity index (χ4v) is 3.38. The lowest BCUT2D eigenvalue weighted by Crippen LogP contribution is -2.24. The number of likely N-dealkylation sites (N-methyl/N-ethyl adjacent to an activating group) is 1. The number of allylic oxidation sites excluding steroid dienone is 1. The molecule has 2 aromatic carbocycles. The second-order valence-electron chi connectivity index (χ2n) is 6.40. The van der Waals surface area contributed by atoms with E-state index >= 15 is 0 Å². The highest BCUT2D eigenvalue weighted by atomic mass is 16.6. The monoisotopic (exact) mass is 347 g/mol. The van der Waals surface area contributed by atoms with Gasteiger partial charge in [-0.05, 0) is 36.3 Å². The zero-order valence-corrected chi connectivity index (χ0v) is 14.2. The van der Waals surface area contributed by atoms with Crippen molar-refractivity contribution in [2.75, 3.05) is 13.6 Å². The number of nitro benzene ring substituents is 1. The minimum atomic E-state index is -0.470. The molecular formula is C20H17N3O3. The van der Waals surface area contributed by atoms with Gasteiger partial charge in [-0.15, -0.1) is 0 Å². The lowest BCUT2D eigenvalue weighted by atomic mass is 10.1. The number of hydrogen-bond donors (Lipinski definition) is 1. The number of benzene rings is 2. The van der Waals surface area contributed by atoms with Crippen molar-refractivity contribution in [3.63, 3.8) is 0 Å². The van der Waals surface area contributed by atoms with Gasteiger partial charge in [-0.2, -0.15) is 0 Å². The van der Waals surface area contributed by atoms with Gasteiger partial charge in [-0.3, -0.25) is 14.9 Å². The number of non-ortho nitro benzene ring substituents is 1. The Hall–Kier alpha value is -3.41. The first kappa shape index (κ1) is 16.1. The topological polar surface area (TPSA) is 79.2 Å². The molecule has 26 heavy (non-hydrogen) atoms. The van der Waals surface area contributed by atoms with Crippen molar-refractivity contribution in [2.45, 2.75) is 6.42 Å². The number of para-hydroxylation sites is 1. The number of Topliss-reactive ketones (excluding diaryl/α,β-unsaturated/α-hetero) is 1. The van der Waals surface area contributed by atoms with Gasteiger partial charge in [0.05, 0.1) is 10.6 Å². The Morgan fingerprint density at radius 1 is 1.15 bits per heavy atom. The molecule has 1 aliphatic heterocycles. The van der Waals surface area contributed by atoms with Crippen molar-refractivity contribution in [1.82, 2.24) is 9.88 Å². The molecule has 0 aliphatic carbocycles. The van der Waals surface area contributed by atoms with E-state index in [2.05, 4.69) is 11.1 Å². The Morgan fingerprint density at radius 3 is 2.62 bits per heavy atom. The maximum atomic E-state index is 13.0. The molecule has 2 heterocycles. The predicted octanol–water partition coefficient (Wildman–Crippen LogP) is 3.79. The zero-order valence-electron chi connectivity index (χ0n) is 14.2. The second kappa shape index (κ2) is 6.15. The molecule has 0 saturated carbocycles. The Bertz CT molecular complexity index is 1050. The Kier molecular flexibility index (Phi) is 3.80. The summed E-state index contributed by atoms with van der Waals surface area (Å²) in [6.07, 6.45) is 2.72. The van der Waals surface area contributed by atoms with Crippen molar-refractivity contribution in [1.29, 1.82) is 0 Å². The molecule has 0 amide bonds. The highest BCUT2D eigenvalue weighted by Crippen LogP contribution is 2.29. The van der Waals surface area contributed by atoms with E-state index in [0.29, 0.717) is 11.3 Å². The second-order valence-corrected chi connectivity index (χ2v) is 6.40. The van der Waals surface area contributed by atoms with Crippen LogP contribution in [-0.4, -0.2) is 34.2 Å². The van der Waals surface area contributed by atoms with Crippen LogP contribution in [0.4, 0.5) is 5.69 Å². The zero-order chi connectivity index (χ0) is 18.3. The van der Waals surface area contributed by atoms with Crippen LogP contribution in [0.2, 0.25) is 0 Å². The van der Waals surface area contributed by atoms with Gasteiger partial charge in [0.15, 0.2) is 0 Å². The summed E-state index contributed by atoms with van der Waals surface area (Å²) >= 11 is 0. The SMILES string of the molecule is CN1CCc2c([nH]c3ccccc23)C=C1C(=O)c1ccc([N+](=O)[O-])cc1. The van der Waals surface area contributed by atoms with Crippen LogP contribution in [-0.2, 0) is 6.42 Å². The Balaban J connectivity index is 1.76. The van der Waals surface area contributed by atoms with Crippen LogP contribution in [0, 0.1) is 10.1 Å². The molecule has 3 aromatic rings. The van der Waals surface area contributed by atoms with Gasteiger partial charge in [0, 0.05) is 47.9 Å². The van der Waals surface area contributed by atoms with Crippen molar-refractivity contribution in [3.8, 4) is 0 Å². The lowest BCUT2D eigenvalue weighted by molar-refractivity contribution is -0.384. The molecule has 0 atom stereocenters. The summed E-state index contributed by atoms with van der Waals surface area (Å²) in [4.78, 5) is 28.6. The van der Waals surface area contributed by atoms with Crippen molar-refractivity contribution >= 4 is 28.4 Å². The van der Waals surface area contributed by atoms with Crippen LogP contribution in [0.15, 0.2) is 54.2 Å². The molecule has 0 saturated heterocycles. The number of fused-ring (bicyclic) bond motifs is 3. The number of aromatic amines is 1. The molecule has 1 N–H and O–H groups in total.